The molecule has 0 spiro atoms. The van der Waals surface area contributed by atoms with Crippen LogP contribution < -0.4 is 5.73 Å². The molecule has 2 N–H and O–H groups in total. The molecule has 19 heavy (non-hydrogen) atoms. The Kier molecular flexibility index (Phi) is 3.72. The van der Waals surface area contributed by atoms with Gasteiger partial charge in [0.05, 0.1) is 0 Å². The number of benzene rings is 2. The van der Waals surface area contributed by atoms with Gasteiger partial charge >= 0.3 is 0 Å². The number of hydrogen-bond donors (Lipinski definition) is 1. The minimum absolute atomic E-state index is 0.140. The van der Waals surface area contributed by atoms with E-state index in [1.165, 1.54) is 23.1 Å². The molecule has 2 aromatic rings. The standard InChI is InChI=1S/C17H18BrN/c18-16-9-7-13(8-10-16)17(19)15-6-5-12-3-1-2-4-14(12)11-15/h1-4,7-10,15,17H,5-6,11,19H2. The molecule has 1 nitrogen and oxygen atoms in total. The molecule has 0 fully saturated rings. The third-order valence-corrected chi connectivity index (χ3v) is 4.68. The van der Waals surface area contributed by atoms with E-state index in [9.17, 15) is 0 Å². The van der Waals surface area contributed by atoms with Crippen molar-refractivity contribution in [3.8, 4) is 0 Å². The van der Waals surface area contributed by atoms with Gasteiger partial charge < -0.3 is 5.73 Å². The van der Waals surface area contributed by atoms with Gasteiger partial charge in [0.15, 0.2) is 0 Å². The molecule has 0 saturated heterocycles. The molecule has 0 heterocycles. The summed E-state index contributed by atoms with van der Waals surface area (Å²) in [6.45, 7) is 0. The van der Waals surface area contributed by atoms with Gasteiger partial charge in [0.1, 0.15) is 0 Å². The summed E-state index contributed by atoms with van der Waals surface area (Å²) in [6.07, 6.45) is 3.45. The van der Waals surface area contributed by atoms with Gasteiger partial charge in [-0.1, -0.05) is 52.3 Å². The molecule has 0 aliphatic heterocycles. The lowest BCUT2D eigenvalue weighted by Gasteiger charge is -2.29. The van der Waals surface area contributed by atoms with Crippen molar-refractivity contribution in [2.45, 2.75) is 25.3 Å². The normalized spacial score (nSPS) is 19.8. The van der Waals surface area contributed by atoms with E-state index in [1.807, 2.05) is 0 Å². The zero-order valence-corrected chi connectivity index (χ0v) is 12.4. The summed E-state index contributed by atoms with van der Waals surface area (Å²) in [5.41, 5.74) is 10.7. The van der Waals surface area contributed by atoms with Crippen LogP contribution in [0.1, 0.15) is 29.2 Å². The van der Waals surface area contributed by atoms with Gasteiger partial charge in [-0.05, 0) is 54.0 Å². The van der Waals surface area contributed by atoms with E-state index >= 15 is 0 Å². The van der Waals surface area contributed by atoms with Crippen LogP contribution in [0.4, 0.5) is 0 Å². The van der Waals surface area contributed by atoms with E-state index in [4.69, 9.17) is 5.73 Å². The van der Waals surface area contributed by atoms with Gasteiger partial charge in [0.2, 0.25) is 0 Å². The second-order valence-electron chi connectivity index (χ2n) is 5.35. The number of rotatable bonds is 2. The Morgan fingerprint density at radius 1 is 1.00 bits per heavy atom. The number of halogens is 1. The van der Waals surface area contributed by atoms with Gasteiger partial charge in [-0.15, -0.1) is 0 Å². The maximum absolute atomic E-state index is 6.46. The molecule has 1 aliphatic rings. The van der Waals surface area contributed by atoms with Gasteiger partial charge in [0, 0.05) is 10.5 Å². The molecule has 2 aromatic carbocycles. The Hall–Kier alpha value is -1.12. The van der Waals surface area contributed by atoms with Crippen LogP contribution in [-0.2, 0) is 12.8 Å². The monoisotopic (exact) mass is 315 g/mol. The number of fused-ring (bicyclic) bond motifs is 1. The zero-order valence-electron chi connectivity index (χ0n) is 10.9. The minimum atomic E-state index is 0.140. The molecular weight excluding hydrogens is 298 g/mol. The highest BCUT2D eigenvalue weighted by atomic mass is 79.9. The number of nitrogens with two attached hydrogens (primary N) is 1. The first kappa shape index (κ1) is 12.9. The highest BCUT2D eigenvalue weighted by Crippen LogP contribution is 2.33. The van der Waals surface area contributed by atoms with Crippen LogP contribution in [-0.4, -0.2) is 0 Å². The highest BCUT2D eigenvalue weighted by molar-refractivity contribution is 9.10. The molecular formula is C17H18BrN. The van der Waals surface area contributed by atoms with Crippen LogP contribution >= 0.6 is 15.9 Å². The van der Waals surface area contributed by atoms with Crippen LogP contribution in [0.5, 0.6) is 0 Å². The Morgan fingerprint density at radius 3 is 2.42 bits per heavy atom. The molecule has 98 valence electrons. The smallest absolute Gasteiger partial charge is 0.0326 e. The SMILES string of the molecule is NC(c1ccc(Br)cc1)C1CCc2ccccc2C1. The number of aryl methyl sites for hydroxylation is 1. The average molecular weight is 316 g/mol. The molecule has 2 heteroatoms. The van der Waals surface area contributed by atoms with Gasteiger partial charge in [-0.2, -0.15) is 0 Å². The van der Waals surface area contributed by atoms with Crippen molar-refractivity contribution in [2.75, 3.05) is 0 Å². The van der Waals surface area contributed by atoms with Crippen molar-refractivity contribution in [3.63, 3.8) is 0 Å². The summed E-state index contributed by atoms with van der Waals surface area (Å²) >= 11 is 3.47. The molecule has 2 atom stereocenters. The molecule has 3 rings (SSSR count). The van der Waals surface area contributed by atoms with Crippen LogP contribution in [0.3, 0.4) is 0 Å². The first-order chi connectivity index (χ1) is 9.24. The summed E-state index contributed by atoms with van der Waals surface area (Å²) in [4.78, 5) is 0. The fourth-order valence-electron chi connectivity index (χ4n) is 2.99. The van der Waals surface area contributed by atoms with Crippen molar-refractivity contribution in [1.82, 2.24) is 0 Å². The van der Waals surface area contributed by atoms with E-state index in [1.54, 1.807) is 0 Å². The highest BCUT2D eigenvalue weighted by Gasteiger charge is 2.24. The summed E-state index contributed by atoms with van der Waals surface area (Å²) < 4.78 is 1.11. The lowest BCUT2D eigenvalue weighted by molar-refractivity contribution is 0.382. The van der Waals surface area contributed by atoms with Crippen molar-refractivity contribution >= 4 is 15.9 Å². The quantitative estimate of drug-likeness (QED) is 0.880. The van der Waals surface area contributed by atoms with E-state index in [2.05, 4.69) is 64.5 Å². The van der Waals surface area contributed by atoms with E-state index in [-0.39, 0.29) is 6.04 Å². The van der Waals surface area contributed by atoms with Crippen LogP contribution in [0, 0.1) is 5.92 Å². The lowest BCUT2D eigenvalue weighted by atomic mass is 9.78. The second-order valence-corrected chi connectivity index (χ2v) is 6.26. The second kappa shape index (κ2) is 5.48. The van der Waals surface area contributed by atoms with Gasteiger partial charge in [0.25, 0.3) is 0 Å². The summed E-state index contributed by atoms with van der Waals surface area (Å²) in [7, 11) is 0. The number of hydrogen-bond acceptors (Lipinski definition) is 1. The van der Waals surface area contributed by atoms with Gasteiger partial charge in [-0.3, -0.25) is 0 Å². The Bertz CT molecular complexity index is 562. The van der Waals surface area contributed by atoms with Crippen LogP contribution in [0.25, 0.3) is 0 Å². The third kappa shape index (κ3) is 2.75. The molecule has 0 radical (unpaired) electrons. The van der Waals surface area contributed by atoms with E-state index < -0.39 is 0 Å². The largest absolute Gasteiger partial charge is 0.324 e. The fraction of sp³-hybridized carbons (Fsp3) is 0.294. The van der Waals surface area contributed by atoms with Crippen LogP contribution in [0.15, 0.2) is 53.0 Å². The first-order valence-electron chi connectivity index (χ1n) is 6.82. The van der Waals surface area contributed by atoms with E-state index in [0.29, 0.717) is 5.92 Å². The molecule has 2 unspecified atom stereocenters. The molecule has 0 bridgehead atoms. The zero-order chi connectivity index (χ0) is 13.2. The average Bonchev–Trinajstić information content (AvgIpc) is 2.47. The van der Waals surface area contributed by atoms with E-state index in [0.717, 1.165) is 17.3 Å². The fourth-order valence-corrected chi connectivity index (χ4v) is 3.25. The summed E-state index contributed by atoms with van der Waals surface area (Å²) in [5, 5.41) is 0. The predicted octanol–water partition coefficient (Wildman–Crippen LogP) is 4.25. The Balaban J connectivity index is 1.79. The maximum Gasteiger partial charge on any atom is 0.0326 e. The first-order valence-corrected chi connectivity index (χ1v) is 7.61. The van der Waals surface area contributed by atoms with Crippen molar-refractivity contribution in [1.29, 1.82) is 0 Å². The van der Waals surface area contributed by atoms with Crippen molar-refractivity contribution in [3.05, 3.63) is 69.7 Å². The van der Waals surface area contributed by atoms with Crippen LogP contribution in [0.2, 0.25) is 0 Å². The van der Waals surface area contributed by atoms with Gasteiger partial charge in [-0.25, -0.2) is 0 Å². The summed E-state index contributed by atoms with van der Waals surface area (Å²) in [6, 6.07) is 17.3. The third-order valence-electron chi connectivity index (χ3n) is 4.15. The van der Waals surface area contributed by atoms with Crippen molar-refractivity contribution in [2.24, 2.45) is 11.7 Å². The molecule has 1 aliphatic carbocycles. The summed E-state index contributed by atoms with van der Waals surface area (Å²) in [5.74, 6) is 0.552. The molecule has 0 saturated carbocycles. The minimum Gasteiger partial charge on any atom is -0.324 e. The van der Waals surface area contributed by atoms with Crippen molar-refractivity contribution < 1.29 is 0 Å². The topological polar surface area (TPSA) is 26.0 Å². The predicted molar refractivity (Wildman–Crippen MR) is 83.0 cm³/mol. The lowest BCUT2D eigenvalue weighted by Crippen LogP contribution is -2.26. The maximum atomic E-state index is 6.46. The molecule has 0 amide bonds. The molecule has 0 aromatic heterocycles. The Morgan fingerprint density at radius 2 is 1.68 bits per heavy atom. The Labute approximate surface area is 123 Å².